The van der Waals surface area contributed by atoms with Gasteiger partial charge in [0.15, 0.2) is 0 Å². The van der Waals surface area contributed by atoms with Gasteiger partial charge in [-0.2, -0.15) is 0 Å². The second-order valence-corrected chi connectivity index (χ2v) is 6.97. The molecule has 6 heteroatoms. The van der Waals surface area contributed by atoms with Crippen molar-refractivity contribution >= 4 is 17.5 Å². The first kappa shape index (κ1) is 18.9. The van der Waals surface area contributed by atoms with Gasteiger partial charge in [0.2, 0.25) is 11.8 Å². The number of piperazine rings is 1. The summed E-state index contributed by atoms with van der Waals surface area (Å²) in [6.45, 7) is 7.85. The predicted octanol–water partition coefficient (Wildman–Crippen LogP) is 2.55. The summed E-state index contributed by atoms with van der Waals surface area (Å²) in [5.74, 6) is 0.125. The van der Waals surface area contributed by atoms with Crippen molar-refractivity contribution < 1.29 is 9.59 Å². The van der Waals surface area contributed by atoms with Gasteiger partial charge in [0.25, 0.3) is 0 Å². The van der Waals surface area contributed by atoms with Crippen LogP contribution in [0.4, 0.5) is 5.69 Å². The normalized spacial score (nSPS) is 15.4. The van der Waals surface area contributed by atoms with Gasteiger partial charge in [0, 0.05) is 56.7 Å². The van der Waals surface area contributed by atoms with Gasteiger partial charge in [-0.15, -0.1) is 0 Å². The highest BCUT2D eigenvalue weighted by Gasteiger charge is 2.26. The van der Waals surface area contributed by atoms with E-state index < -0.39 is 0 Å². The number of carbonyl (C=O) groups is 2. The number of aryl methyl sites for hydroxylation is 1. The molecule has 1 aliphatic heterocycles. The number of aromatic nitrogens is 1. The molecule has 3 rings (SSSR count). The average molecular weight is 366 g/mol. The number of carbonyl (C=O) groups excluding carboxylic acids is 2. The molecule has 0 bridgehead atoms. The van der Waals surface area contributed by atoms with Gasteiger partial charge in [-0.05, 0) is 37.1 Å². The standard InChI is InChI=1S/C21H26N4O2/c1-15-6-7-18(19-5-4-8-22-14-19)13-20(15)23-16(2)21(27)25-11-9-24(10-12-25)17(3)26/h4-8,13-14,16,23H,9-12H2,1-3H3. The lowest BCUT2D eigenvalue weighted by Crippen LogP contribution is -2.53. The Morgan fingerprint density at radius 1 is 1.07 bits per heavy atom. The number of amides is 2. The zero-order valence-electron chi connectivity index (χ0n) is 16.1. The van der Waals surface area contributed by atoms with E-state index in [1.54, 1.807) is 18.0 Å². The molecule has 2 amide bonds. The van der Waals surface area contributed by atoms with Crippen LogP contribution in [0.2, 0.25) is 0 Å². The maximum atomic E-state index is 12.8. The van der Waals surface area contributed by atoms with Gasteiger partial charge >= 0.3 is 0 Å². The highest BCUT2D eigenvalue weighted by Crippen LogP contribution is 2.25. The maximum absolute atomic E-state index is 12.8. The Kier molecular flexibility index (Phi) is 5.74. The van der Waals surface area contributed by atoms with E-state index in [0.29, 0.717) is 26.2 Å². The molecule has 1 saturated heterocycles. The molecule has 0 radical (unpaired) electrons. The molecule has 6 nitrogen and oxygen atoms in total. The molecule has 1 unspecified atom stereocenters. The van der Waals surface area contributed by atoms with Gasteiger partial charge < -0.3 is 15.1 Å². The van der Waals surface area contributed by atoms with E-state index in [1.165, 1.54) is 0 Å². The van der Waals surface area contributed by atoms with Crippen LogP contribution in [0.1, 0.15) is 19.4 Å². The van der Waals surface area contributed by atoms with Crippen molar-refractivity contribution in [2.24, 2.45) is 0 Å². The van der Waals surface area contributed by atoms with Crippen molar-refractivity contribution in [3.8, 4) is 11.1 Å². The summed E-state index contributed by atoms with van der Waals surface area (Å²) in [6.07, 6.45) is 3.58. The third-order valence-corrected chi connectivity index (χ3v) is 5.01. The van der Waals surface area contributed by atoms with Crippen LogP contribution in [-0.2, 0) is 9.59 Å². The summed E-state index contributed by atoms with van der Waals surface area (Å²) in [5.41, 5.74) is 4.13. The Labute approximate surface area is 160 Å². The molecule has 0 spiro atoms. The van der Waals surface area contributed by atoms with Crippen LogP contribution in [0.5, 0.6) is 0 Å². The maximum Gasteiger partial charge on any atom is 0.244 e. The van der Waals surface area contributed by atoms with Crippen LogP contribution in [0.3, 0.4) is 0 Å². The summed E-state index contributed by atoms with van der Waals surface area (Å²) in [5, 5.41) is 3.36. The third-order valence-electron chi connectivity index (χ3n) is 5.01. The molecule has 27 heavy (non-hydrogen) atoms. The number of hydrogen-bond donors (Lipinski definition) is 1. The fraction of sp³-hybridized carbons (Fsp3) is 0.381. The second kappa shape index (κ2) is 8.20. The molecule has 1 aliphatic rings. The van der Waals surface area contributed by atoms with Gasteiger partial charge in [-0.25, -0.2) is 0 Å². The lowest BCUT2D eigenvalue weighted by molar-refractivity contribution is -0.138. The van der Waals surface area contributed by atoms with Gasteiger partial charge in [0.05, 0.1) is 0 Å². The molecule has 2 heterocycles. The van der Waals surface area contributed by atoms with Gasteiger partial charge in [-0.1, -0.05) is 18.2 Å². The lowest BCUT2D eigenvalue weighted by Gasteiger charge is -2.35. The zero-order valence-corrected chi connectivity index (χ0v) is 16.1. The average Bonchev–Trinajstić information content (AvgIpc) is 2.69. The fourth-order valence-electron chi connectivity index (χ4n) is 3.30. The Balaban J connectivity index is 1.68. The van der Waals surface area contributed by atoms with Crippen LogP contribution >= 0.6 is 0 Å². The highest BCUT2D eigenvalue weighted by molar-refractivity contribution is 5.85. The zero-order chi connectivity index (χ0) is 19.4. The van der Waals surface area contributed by atoms with Crippen LogP contribution in [0.25, 0.3) is 11.1 Å². The van der Waals surface area contributed by atoms with E-state index >= 15 is 0 Å². The molecule has 1 N–H and O–H groups in total. The molecular formula is C21H26N4O2. The fourth-order valence-corrected chi connectivity index (χ4v) is 3.30. The number of anilines is 1. The first-order chi connectivity index (χ1) is 13.0. The second-order valence-electron chi connectivity index (χ2n) is 6.97. The highest BCUT2D eigenvalue weighted by atomic mass is 16.2. The van der Waals surface area contributed by atoms with E-state index in [4.69, 9.17) is 0 Å². The summed E-state index contributed by atoms with van der Waals surface area (Å²) in [4.78, 5) is 32.0. The molecule has 1 atom stereocenters. The van der Waals surface area contributed by atoms with Gasteiger partial charge in [0.1, 0.15) is 6.04 Å². The molecule has 1 fully saturated rings. The molecule has 2 aromatic rings. The van der Waals surface area contributed by atoms with Crippen LogP contribution in [-0.4, -0.2) is 58.8 Å². The van der Waals surface area contributed by atoms with Crippen molar-refractivity contribution in [1.29, 1.82) is 0 Å². The number of hydrogen-bond acceptors (Lipinski definition) is 4. The summed E-state index contributed by atoms with van der Waals surface area (Å²) in [7, 11) is 0. The van der Waals surface area contributed by atoms with E-state index in [2.05, 4.69) is 22.4 Å². The topological polar surface area (TPSA) is 65.5 Å². The summed E-state index contributed by atoms with van der Waals surface area (Å²) >= 11 is 0. The summed E-state index contributed by atoms with van der Waals surface area (Å²) in [6, 6.07) is 9.76. The molecule has 0 aliphatic carbocycles. The smallest absolute Gasteiger partial charge is 0.244 e. The molecule has 1 aromatic carbocycles. The van der Waals surface area contributed by atoms with Crippen molar-refractivity contribution in [2.45, 2.75) is 26.8 Å². The molecular weight excluding hydrogens is 340 g/mol. The van der Waals surface area contributed by atoms with Crippen molar-refractivity contribution in [1.82, 2.24) is 14.8 Å². The third kappa shape index (κ3) is 4.45. The molecule has 0 saturated carbocycles. The minimum Gasteiger partial charge on any atom is -0.374 e. The molecule has 142 valence electrons. The van der Waals surface area contributed by atoms with E-state index in [-0.39, 0.29) is 17.9 Å². The Bertz CT molecular complexity index is 814. The lowest BCUT2D eigenvalue weighted by atomic mass is 10.0. The number of nitrogens with zero attached hydrogens (tertiary/aromatic N) is 3. The predicted molar refractivity (Wildman–Crippen MR) is 106 cm³/mol. The number of pyridine rings is 1. The van der Waals surface area contributed by atoms with Crippen molar-refractivity contribution in [3.05, 3.63) is 48.3 Å². The first-order valence-electron chi connectivity index (χ1n) is 9.27. The van der Waals surface area contributed by atoms with Crippen LogP contribution < -0.4 is 5.32 Å². The quantitative estimate of drug-likeness (QED) is 0.903. The minimum atomic E-state index is -0.336. The van der Waals surface area contributed by atoms with Crippen molar-refractivity contribution in [3.63, 3.8) is 0 Å². The van der Waals surface area contributed by atoms with Crippen LogP contribution in [0.15, 0.2) is 42.7 Å². The van der Waals surface area contributed by atoms with Crippen molar-refractivity contribution in [2.75, 3.05) is 31.5 Å². The SMILES string of the molecule is CC(=O)N1CCN(C(=O)C(C)Nc2cc(-c3cccnc3)ccc2C)CC1. The van der Waals surface area contributed by atoms with Gasteiger partial charge in [-0.3, -0.25) is 14.6 Å². The number of rotatable bonds is 4. The van der Waals surface area contributed by atoms with Crippen LogP contribution in [0, 0.1) is 6.92 Å². The van der Waals surface area contributed by atoms with E-state index in [1.807, 2.05) is 43.1 Å². The Morgan fingerprint density at radius 3 is 2.41 bits per heavy atom. The molecule has 1 aromatic heterocycles. The number of benzene rings is 1. The van der Waals surface area contributed by atoms with E-state index in [9.17, 15) is 9.59 Å². The monoisotopic (exact) mass is 366 g/mol. The number of nitrogens with one attached hydrogen (secondary N) is 1. The Morgan fingerprint density at radius 2 is 1.78 bits per heavy atom. The van der Waals surface area contributed by atoms with E-state index in [0.717, 1.165) is 22.4 Å². The first-order valence-corrected chi connectivity index (χ1v) is 9.27. The largest absolute Gasteiger partial charge is 0.374 e. The minimum absolute atomic E-state index is 0.0596. The summed E-state index contributed by atoms with van der Waals surface area (Å²) < 4.78 is 0. The Hall–Kier alpha value is -2.89.